The van der Waals surface area contributed by atoms with Crippen LogP contribution in [0, 0.1) is 0 Å². The number of aromatic nitrogens is 1. The van der Waals surface area contributed by atoms with Gasteiger partial charge in [0.2, 0.25) is 5.91 Å². The number of nitrogens with zero attached hydrogens (tertiary/aromatic N) is 2. The fourth-order valence-corrected chi connectivity index (χ4v) is 0.890. The molecule has 1 heterocycles. The SMILES string of the molecule is CC(=O)N(C)c1cccc(C(=O)O)n1. The Bertz CT molecular complexity index is 376. The molecule has 0 aliphatic rings. The molecule has 5 heteroatoms. The van der Waals surface area contributed by atoms with Crippen LogP contribution in [-0.4, -0.2) is 29.0 Å². The van der Waals surface area contributed by atoms with Crippen molar-refractivity contribution in [3.8, 4) is 0 Å². The van der Waals surface area contributed by atoms with E-state index in [1.165, 1.54) is 24.9 Å². The normalized spacial score (nSPS) is 9.57. The highest BCUT2D eigenvalue weighted by atomic mass is 16.4. The summed E-state index contributed by atoms with van der Waals surface area (Å²) in [6, 6.07) is 4.50. The van der Waals surface area contributed by atoms with E-state index in [0.29, 0.717) is 5.82 Å². The van der Waals surface area contributed by atoms with Gasteiger partial charge in [0, 0.05) is 14.0 Å². The molecular weight excluding hydrogens is 184 g/mol. The van der Waals surface area contributed by atoms with E-state index < -0.39 is 5.97 Å². The number of carbonyl (C=O) groups excluding carboxylic acids is 1. The molecule has 1 aromatic rings. The maximum Gasteiger partial charge on any atom is 0.354 e. The summed E-state index contributed by atoms with van der Waals surface area (Å²) in [7, 11) is 1.54. The van der Waals surface area contributed by atoms with Crippen molar-refractivity contribution in [1.82, 2.24) is 4.98 Å². The van der Waals surface area contributed by atoms with Crippen LogP contribution in [0.3, 0.4) is 0 Å². The first-order valence-electron chi connectivity index (χ1n) is 3.97. The predicted molar refractivity (Wildman–Crippen MR) is 50.3 cm³/mol. The first-order chi connectivity index (χ1) is 6.52. The Morgan fingerprint density at radius 3 is 2.57 bits per heavy atom. The summed E-state index contributed by atoms with van der Waals surface area (Å²) in [5.74, 6) is -0.971. The van der Waals surface area contributed by atoms with E-state index in [2.05, 4.69) is 4.98 Å². The second kappa shape index (κ2) is 3.87. The van der Waals surface area contributed by atoms with Crippen molar-refractivity contribution in [1.29, 1.82) is 0 Å². The summed E-state index contributed by atoms with van der Waals surface area (Å²) in [5.41, 5.74) is -0.0735. The number of hydrogen-bond acceptors (Lipinski definition) is 3. The molecule has 1 amide bonds. The van der Waals surface area contributed by atoms with Crippen LogP contribution >= 0.6 is 0 Å². The molecule has 0 unspecified atom stereocenters. The summed E-state index contributed by atoms with van der Waals surface area (Å²) in [6.07, 6.45) is 0. The number of carboxylic acids is 1. The van der Waals surface area contributed by atoms with E-state index in [9.17, 15) is 9.59 Å². The highest BCUT2D eigenvalue weighted by Gasteiger charge is 2.10. The lowest BCUT2D eigenvalue weighted by molar-refractivity contribution is -0.116. The average molecular weight is 194 g/mol. The molecule has 0 bridgehead atoms. The van der Waals surface area contributed by atoms with E-state index >= 15 is 0 Å². The molecule has 14 heavy (non-hydrogen) atoms. The molecule has 0 spiro atoms. The molecule has 1 aromatic heterocycles. The average Bonchev–Trinajstić information content (AvgIpc) is 2.16. The number of aromatic carboxylic acids is 1. The van der Waals surface area contributed by atoms with Crippen LogP contribution in [0.5, 0.6) is 0 Å². The molecular formula is C9H10N2O3. The van der Waals surface area contributed by atoms with Gasteiger partial charge in [-0.05, 0) is 12.1 Å². The van der Waals surface area contributed by atoms with Crippen LogP contribution in [0.15, 0.2) is 18.2 Å². The number of amides is 1. The third-order valence-corrected chi connectivity index (χ3v) is 1.77. The van der Waals surface area contributed by atoms with Gasteiger partial charge >= 0.3 is 5.97 Å². The standard InChI is InChI=1S/C9H10N2O3/c1-6(12)11(2)8-5-3-4-7(10-8)9(13)14/h3-5H,1-2H3,(H,13,14). The Hall–Kier alpha value is -1.91. The van der Waals surface area contributed by atoms with Gasteiger partial charge in [0.15, 0.2) is 5.69 Å². The van der Waals surface area contributed by atoms with Gasteiger partial charge in [-0.15, -0.1) is 0 Å². The molecule has 0 saturated carbocycles. The minimum absolute atomic E-state index is 0.0735. The van der Waals surface area contributed by atoms with Crippen LogP contribution in [0.4, 0.5) is 5.82 Å². The Labute approximate surface area is 81.0 Å². The zero-order valence-electron chi connectivity index (χ0n) is 7.89. The number of anilines is 1. The fourth-order valence-electron chi connectivity index (χ4n) is 0.890. The predicted octanol–water partition coefficient (Wildman–Crippen LogP) is 0.762. The Balaban J connectivity index is 3.05. The summed E-state index contributed by atoms with van der Waals surface area (Å²) in [6.45, 7) is 1.38. The van der Waals surface area contributed by atoms with Crippen molar-refractivity contribution < 1.29 is 14.7 Å². The van der Waals surface area contributed by atoms with Gasteiger partial charge in [-0.1, -0.05) is 6.07 Å². The van der Waals surface area contributed by atoms with Gasteiger partial charge in [0.05, 0.1) is 0 Å². The van der Waals surface area contributed by atoms with Gasteiger partial charge < -0.3 is 10.0 Å². The topological polar surface area (TPSA) is 70.5 Å². The Kier molecular flexibility index (Phi) is 2.81. The lowest BCUT2D eigenvalue weighted by Crippen LogP contribution is -2.24. The lowest BCUT2D eigenvalue weighted by atomic mass is 10.3. The Morgan fingerprint density at radius 1 is 1.43 bits per heavy atom. The van der Waals surface area contributed by atoms with Crippen molar-refractivity contribution in [2.45, 2.75) is 6.92 Å². The molecule has 1 rings (SSSR count). The largest absolute Gasteiger partial charge is 0.477 e. The van der Waals surface area contributed by atoms with E-state index in [1.807, 2.05) is 0 Å². The Morgan fingerprint density at radius 2 is 2.07 bits per heavy atom. The van der Waals surface area contributed by atoms with E-state index in [1.54, 1.807) is 12.1 Å². The van der Waals surface area contributed by atoms with Crippen LogP contribution in [0.2, 0.25) is 0 Å². The zero-order chi connectivity index (χ0) is 10.7. The molecule has 0 aliphatic heterocycles. The summed E-state index contributed by atoms with van der Waals surface area (Å²) < 4.78 is 0. The van der Waals surface area contributed by atoms with Gasteiger partial charge in [-0.25, -0.2) is 9.78 Å². The number of hydrogen-bond donors (Lipinski definition) is 1. The van der Waals surface area contributed by atoms with E-state index in [0.717, 1.165) is 0 Å². The fraction of sp³-hybridized carbons (Fsp3) is 0.222. The molecule has 74 valence electrons. The maximum absolute atomic E-state index is 11.0. The van der Waals surface area contributed by atoms with Gasteiger partial charge in [0.1, 0.15) is 5.82 Å². The second-order valence-corrected chi connectivity index (χ2v) is 2.76. The quantitative estimate of drug-likeness (QED) is 0.754. The molecule has 5 nitrogen and oxygen atoms in total. The van der Waals surface area contributed by atoms with Gasteiger partial charge in [0.25, 0.3) is 0 Å². The van der Waals surface area contributed by atoms with Gasteiger partial charge in [-0.2, -0.15) is 0 Å². The molecule has 0 radical (unpaired) electrons. The third kappa shape index (κ3) is 2.07. The number of carboxylic acid groups (broad SMARTS) is 1. The highest BCUT2D eigenvalue weighted by Crippen LogP contribution is 2.09. The third-order valence-electron chi connectivity index (χ3n) is 1.77. The number of rotatable bonds is 2. The molecule has 0 fully saturated rings. The maximum atomic E-state index is 11.0. The monoisotopic (exact) mass is 194 g/mol. The first kappa shape index (κ1) is 10.2. The number of pyridine rings is 1. The van der Waals surface area contributed by atoms with Crippen LogP contribution in [0.25, 0.3) is 0 Å². The molecule has 0 aliphatic carbocycles. The smallest absolute Gasteiger partial charge is 0.354 e. The zero-order valence-corrected chi connectivity index (χ0v) is 7.89. The molecule has 0 saturated heterocycles. The van der Waals surface area contributed by atoms with E-state index in [4.69, 9.17) is 5.11 Å². The van der Waals surface area contributed by atoms with E-state index in [-0.39, 0.29) is 11.6 Å². The first-order valence-corrected chi connectivity index (χ1v) is 3.97. The lowest BCUT2D eigenvalue weighted by Gasteiger charge is -2.13. The van der Waals surface area contributed by atoms with Crippen molar-refractivity contribution in [2.75, 3.05) is 11.9 Å². The molecule has 0 aromatic carbocycles. The van der Waals surface area contributed by atoms with Crippen molar-refractivity contribution in [3.63, 3.8) is 0 Å². The van der Waals surface area contributed by atoms with Crippen LogP contribution < -0.4 is 4.90 Å². The second-order valence-electron chi connectivity index (χ2n) is 2.76. The highest BCUT2D eigenvalue weighted by molar-refractivity contribution is 5.91. The van der Waals surface area contributed by atoms with Crippen molar-refractivity contribution in [3.05, 3.63) is 23.9 Å². The summed E-state index contributed by atoms with van der Waals surface area (Å²) in [5, 5.41) is 8.66. The summed E-state index contributed by atoms with van der Waals surface area (Å²) >= 11 is 0. The van der Waals surface area contributed by atoms with Crippen molar-refractivity contribution >= 4 is 17.7 Å². The molecule has 0 atom stereocenters. The molecule has 1 N–H and O–H groups in total. The minimum atomic E-state index is -1.11. The van der Waals surface area contributed by atoms with Crippen LogP contribution in [0.1, 0.15) is 17.4 Å². The minimum Gasteiger partial charge on any atom is -0.477 e. The van der Waals surface area contributed by atoms with Crippen molar-refractivity contribution in [2.24, 2.45) is 0 Å². The number of carbonyl (C=O) groups is 2. The van der Waals surface area contributed by atoms with Crippen LogP contribution in [-0.2, 0) is 4.79 Å². The van der Waals surface area contributed by atoms with Gasteiger partial charge in [-0.3, -0.25) is 4.79 Å². The summed E-state index contributed by atoms with van der Waals surface area (Å²) in [4.78, 5) is 26.6.